The number of carbonyl (C=O) groups excluding carboxylic acids is 2. The Balaban J connectivity index is 2.04. The summed E-state index contributed by atoms with van der Waals surface area (Å²) in [7, 11) is -4.12. The van der Waals surface area contributed by atoms with Gasteiger partial charge in [0.2, 0.25) is 11.8 Å². The number of benzene rings is 3. The van der Waals surface area contributed by atoms with Gasteiger partial charge in [-0.25, -0.2) is 8.42 Å². The molecule has 7 nitrogen and oxygen atoms in total. The molecule has 0 spiro atoms. The van der Waals surface area contributed by atoms with Crippen LogP contribution < -0.4 is 9.62 Å². The number of nitrogens with zero attached hydrogens (tertiary/aromatic N) is 2. The van der Waals surface area contributed by atoms with Gasteiger partial charge >= 0.3 is 0 Å². The van der Waals surface area contributed by atoms with Gasteiger partial charge in [-0.05, 0) is 68.7 Å². The normalized spacial score (nSPS) is 12.8. The van der Waals surface area contributed by atoms with Crippen LogP contribution in [0.5, 0.6) is 0 Å². The molecule has 0 unspecified atom stereocenters. The van der Waals surface area contributed by atoms with Crippen molar-refractivity contribution in [3.63, 3.8) is 0 Å². The molecule has 208 valence electrons. The fraction of sp³-hybridized carbons (Fsp3) is 0.333. The highest BCUT2D eigenvalue weighted by atomic mass is 35.5. The van der Waals surface area contributed by atoms with E-state index < -0.39 is 28.5 Å². The lowest BCUT2D eigenvalue weighted by Crippen LogP contribution is -2.53. The molecule has 1 N–H and O–H groups in total. The predicted molar refractivity (Wildman–Crippen MR) is 156 cm³/mol. The van der Waals surface area contributed by atoms with Crippen molar-refractivity contribution in [1.82, 2.24) is 10.2 Å². The second-order valence-electron chi connectivity index (χ2n) is 9.55. The minimum absolute atomic E-state index is 0.0621. The van der Waals surface area contributed by atoms with Crippen LogP contribution >= 0.6 is 11.6 Å². The third-order valence-electron chi connectivity index (χ3n) is 6.59. The molecule has 39 heavy (non-hydrogen) atoms. The first-order chi connectivity index (χ1) is 18.6. The van der Waals surface area contributed by atoms with E-state index in [9.17, 15) is 18.0 Å². The SMILES string of the molecule is CC[C@@H](C)NC(=O)[C@H](CC)N(Cc1ccccc1)C(=O)CN(c1ccc(Cl)cc1)S(=O)(=O)c1ccc(C)cc1. The van der Waals surface area contributed by atoms with Crippen LogP contribution in [0.3, 0.4) is 0 Å². The first kappa shape index (κ1) is 30.2. The number of nitrogens with one attached hydrogen (secondary N) is 1. The van der Waals surface area contributed by atoms with Crippen LogP contribution in [-0.2, 0) is 26.2 Å². The molecule has 0 heterocycles. The number of rotatable bonds is 12. The van der Waals surface area contributed by atoms with Crippen molar-refractivity contribution in [1.29, 1.82) is 0 Å². The lowest BCUT2D eigenvalue weighted by Gasteiger charge is -2.33. The van der Waals surface area contributed by atoms with Gasteiger partial charge in [-0.15, -0.1) is 0 Å². The van der Waals surface area contributed by atoms with Gasteiger partial charge in [-0.2, -0.15) is 0 Å². The lowest BCUT2D eigenvalue weighted by atomic mass is 10.1. The van der Waals surface area contributed by atoms with Gasteiger partial charge in [0.1, 0.15) is 12.6 Å². The number of sulfonamides is 1. The molecule has 0 fully saturated rings. The average molecular weight is 570 g/mol. The summed E-state index contributed by atoms with van der Waals surface area (Å²) in [6.45, 7) is 7.26. The summed E-state index contributed by atoms with van der Waals surface area (Å²) < 4.78 is 28.8. The maximum Gasteiger partial charge on any atom is 0.264 e. The van der Waals surface area contributed by atoms with E-state index in [0.29, 0.717) is 17.1 Å². The van der Waals surface area contributed by atoms with E-state index in [-0.39, 0.29) is 23.4 Å². The predicted octanol–water partition coefficient (Wildman–Crippen LogP) is 5.57. The summed E-state index contributed by atoms with van der Waals surface area (Å²) in [5.74, 6) is -0.758. The van der Waals surface area contributed by atoms with Crippen molar-refractivity contribution in [2.24, 2.45) is 0 Å². The number of anilines is 1. The molecule has 0 radical (unpaired) electrons. The molecule has 0 aromatic heterocycles. The molecule has 3 aromatic rings. The first-order valence-electron chi connectivity index (χ1n) is 13.1. The number of halogens is 1. The minimum atomic E-state index is -4.12. The first-order valence-corrected chi connectivity index (χ1v) is 14.9. The van der Waals surface area contributed by atoms with Crippen molar-refractivity contribution in [2.45, 2.75) is 64.1 Å². The zero-order valence-corrected chi connectivity index (χ0v) is 24.4. The van der Waals surface area contributed by atoms with E-state index in [2.05, 4.69) is 5.32 Å². The fourth-order valence-corrected chi connectivity index (χ4v) is 5.65. The average Bonchev–Trinajstić information content (AvgIpc) is 2.92. The molecule has 3 aromatic carbocycles. The standard InChI is InChI=1S/C30H36ClN3O4S/c1-5-23(4)32-30(36)28(6-2)33(20-24-10-8-7-9-11-24)29(35)21-34(26-16-14-25(31)15-17-26)39(37,38)27-18-12-22(3)13-19-27/h7-19,23,28H,5-6,20-21H2,1-4H3,(H,32,36)/t23-,28+/m1/s1. The van der Waals surface area contributed by atoms with Gasteiger partial charge in [0.25, 0.3) is 10.0 Å². The van der Waals surface area contributed by atoms with Crippen LogP contribution in [0.15, 0.2) is 83.8 Å². The molecule has 0 saturated heterocycles. The number of carbonyl (C=O) groups is 2. The minimum Gasteiger partial charge on any atom is -0.352 e. The van der Waals surface area contributed by atoms with Crippen molar-refractivity contribution < 1.29 is 18.0 Å². The molecule has 0 aliphatic heterocycles. The van der Waals surface area contributed by atoms with E-state index in [1.54, 1.807) is 36.4 Å². The molecule has 0 saturated carbocycles. The molecular weight excluding hydrogens is 534 g/mol. The van der Waals surface area contributed by atoms with Gasteiger partial charge in [-0.1, -0.05) is 73.5 Å². The van der Waals surface area contributed by atoms with Gasteiger partial charge in [0, 0.05) is 17.6 Å². The molecule has 0 bridgehead atoms. The monoisotopic (exact) mass is 569 g/mol. The summed E-state index contributed by atoms with van der Waals surface area (Å²) in [5, 5.41) is 3.42. The Labute approximate surface area is 236 Å². The Kier molecular flexibility index (Phi) is 10.5. The Morgan fingerprint density at radius 1 is 0.897 bits per heavy atom. The summed E-state index contributed by atoms with van der Waals surface area (Å²) in [6, 6.07) is 21.3. The summed E-state index contributed by atoms with van der Waals surface area (Å²) in [4.78, 5) is 28.8. The lowest BCUT2D eigenvalue weighted by molar-refractivity contribution is -0.140. The summed E-state index contributed by atoms with van der Waals surface area (Å²) >= 11 is 6.07. The number of aryl methyl sites for hydroxylation is 1. The number of hydrogen-bond donors (Lipinski definition) is 1. The zero-order chi connectivity index (χ0) is 28.6. The zero-order valence-electron chi connectivity index (χ0n) is 22.8. The topological polar surface area (TPSA) is 86.8 Å². The van der Waals surface area contributed by atoms with Crippen LogP contribution in [-0.4, -0.2) is 43.8 Å². The van der Waals surface area contributed by atoms with Gasteiger partial charge in [-0.3, -0.25) is 13.9 Å². The van der Waals surface area contributed by atoms with Crippen molar-refractivity contribution >= 4 is 39.1 Å². The molecule has 2 amide bonds. The van der Waals surface area contributed by atoms with E-state index in [1.807, 2.05) is 58.0 Å². The summed E-state index contributed by atoms with van der Waals surface area (Å²) in [5.41, 5.74) is 2.04. The molecule has 0 aliphatic carbocycles. The van der Waals surface area contributed by atoms with Crippen molar-refractivity contribution in [3.8, 4) is 0 Å². The Morgan fingerprint density at radius 2 is 1.51 bits per heavy atom. The van der Waals surface area contributed by atoms with Crippen LogP contribution in [0.4, 0.5) is 5.69 Å². The van der Waals surface area contributed by atoms with E-state index in [4.69, 9.17) is 11.6 Å². The molecular formula is C30H36ClN3O4S. The number of amides is 2. The van der Waals surface area contributed by atoms with Crippen molar-refractivity contribution in [2.75, 3.05) is 10.8 Å². The summed E-state index contributed by atoms with van der Waals surface area (Å²) in [6.07, 6.45) is 1.11. The molecule has 0 aliphatic rings. The number of hydrogen-bond acceptors (Lipinski definition) is 4. The molecule has 2 atom stereocenters. The maximum absolute atomic E-state index is 14.0. The quantitative estimate of drug-likeness (QED) is 0.309. The highest BCUT2D eigenvalue weighted by molar-refractivity contribution is 7.92. The van der Waals surface area contributed by atoms with E-state index >= 15 is 0 Å². The largest absolute Gasteiger partial charge is 0.352 e. The second-order valence-corrected chi connectivity index (χ2v) is 11.8. The van der Waals surface area contributed by atoms with E-state index in [0.717, 1.165) is 21.9 Å². The van der Waals surface area contributed by atoms with Gasteiger partial charge < -0.3 is 10.2 Å². The molecule has 9 heteroatoms. The van der Waals surface area contributed by atoms with E-state index in [1.165, 1.54) is 17.0 Å². The smallest absolute Gasteiger partial charge is 0.264 e. The Bertz CT molecular complexity index is 1350. The highest BCUT2D eigenvalue weighted by Crippen LogP contribution is 2.26. The third kappa shape index (κ3) is 7.83. The Hall–Kier alpha value is -3.36. The van der Waals surface area contributed by atoms with Crippen molar-refractivity contribution in [3.05, 3.63) is 95.0 Å². The molecule has 3 rings (SSSR count). The van der Waals surface area contributed by atoms with Gasteiger partial charge in [0.15, 0.2) is 0 Å². The second kappa shape index (κ2) is 13.6. The maximum atomic E-state index is 14.0. The van der Waals surface area contributed by atoms with Crippen LogP contribution in [0.2, 0.25) is 5.02 Å². The van der Waals surface area contributed by atoms with Crippen LogP contribution in [0.1, 0.15) is 44.7 Å². The van der Waals surface area contributed by atoms with Crippen LogP contribution in [0.25, 0.3) is 0 Å². The Morgan fingerprint density at radius 3 is 2.08 bits per heavy atom. The van der Waals surface area contributed by atoms with Gasteiger partial charge in [0.05, 0.1) is 10.6 Å². The third-order valence-corrected chi connectivity index (χ3v) is 8.63. The highest BCUT2D eigenvalue weighted by Gasteiger charge is 2.34. The fourth-order valence-electron chi connectivity index (χ4n) is 4.11. The van der Waals surface area contributed by atoms with Crippen LogP contribution in [0, 0.1) is 6.92 Å².